The minimum atomic E-state index is -0.660. The lowest BCUT2D eigenvalue weighted by Gasteiger charge is -2.12. The maximum Gasteiger partial charge on any atom is 0.124 e. The molecule has 0 saturated heterocycles. The van der Waals surface area contributed by atoms with E-state index in [9.17, 15) is 9.50 Å². The molecule has 2 aromatic rings. The Morgan fingerprint density at radius 1 is 1.38 bits per heavy atom. The van der Waals surface area contributed by atoms with E-state index >= 15 is 0 Å². The molecule has 84 valence electrons. The smallest absolute Gasteiger partial charge is 0.124 e. The van der Waals surface area contributed by atoms with Crippen LogP contribution in [-0.2, 0) is 0 Å². The fraction of sp³-hybridized carbons (Fsp3) is 0.167. The predicted molar refractivity (Wildman–Crippen MR) is 72.2 cm³/mol. The third-order valence-corrected chi connectivity index (χ3v) is 4.41. The fourth-order valence-electron chi connectivity index (χ4n) is 1.53. The number of aliphatic hydroxyl groups is 1. The molecule has 0 bridgehead atoms. The van der Waals surface area contributed by atoms with Gasteiger partial charge in [0.05, 0.1) is 0 Å². The Balaban J connectivity index is 2.41. The van der Waals surface area contributed by atoms with Crippen molar-refractivity contribution in [2.24, 2.45) is 0 Å². The van der Waals surface area contributed by atoms with E-state index in [4.69, 9.17) is 0 Å². The normalized spacial score (nSPS) is 12.8. The maximum atomic E-state index is 12.9. The van der Waals surface area contributed by atoms with Gasteiger partial charge in [0, 0.05) is 8.45 Å². The zero-order valence-electron chi connectivity index (χ0n) is 8.58. The van der Waals surface area contributed by atoms with Gasteiger partial charge in [0.1, 0.15) is 11.9 Å². The van der Waals surface area contributed by atoms with Crippen LogP contribution in [0.5, 0.6) is 0 Å². The number of hydrogen-bond acceptors (Lipinski definition) is 2. The van der Waals surface area contributed by atoms with Crippen molar-refractivity contribution in [2.45, 2.75) is 13.0 Å². The van der Waals surface area contributed by atoms with Crippen LogP contribution in [0.25, 0.3) is 0 Å². The van der Waals surface area contributed by atoms with Crippen molar-refractivity contribution >= 4 is 33.9 Å². The lowest BCUT2D eigenvalue weighted by atomic mass is 10.1. The molecule has 0 amide bonds. The van der Waals surface area contributed by atoms with Crippen LogP contribution in [-0.4, -0.2) is 5.11 Å². The standard InChI is InChI=1S/C12H10FIOS/c1-7-4-5-16-12(7)11(15)9-3-2-8(13)6-10(9)14/h2-6,11,15H,1H3. The van der Waals surface area contributed by atoms with Gasteiger partial charge in [-0.25, -0.2) is 4.39 Å². The quantitative estimate of drug-likeness (QED) is 0.817. The summed E-state index contributed by atoms with van der Waals surface area (Å²) >= 11 is 3.56. The largest absolute Gasteiger partial charge is 0.383 e. The van der Waals surface area contributed by atoms with E-state index in [0.29, 0.717) is 0 Å². The lowest BCUT2D eigenvalue weighted by molar-refractivity contribution is 0.222. The Morgan fingerprint density at radius 3 is 2.69 bits per heavy atom. The van der Waals surface area contributed by atoms with Crippen LogP contribution in [0.2, 0.25) is 0 Å². The molecule has 1 nitrogen and oxygen atoms in total. The zero-order valence-corrected chi connectivity index (χ0v) is 11.5. The molecule has 2 rings (SSSR count). The Kier molecular flexibility index (Phi) is 3.61. The highest BCUT2D eigenvalue weighted by Gasteiger charge is 2.17. The van der Waals surface area contributed by atoms with Gasteiger partial charge < -0.3 is 5.11 Å². The molecule has 1 aromatic heterocycles. The molecule has 0 radical (unpaired) electrons. The van der Waals surface area contributed by atoms with Gasteiger partial charge in [0.15, 0.2) is 0 Å². The summed E-state index contributed by atoms with van der Waals surface area (Å²) in [6.07, 6.45) is -0.660. The summed E-state index contributed by atoms with van der Waals surface area (Å²) < 4.78 is 13.7. The summed E-state index contributed by atoms with van der Waals surface area (Å²) in [6.45, 7) is 1.96. The van der Waals surface area contributed by atoms with Gasteiger partial charge in [0.25, 0.3) is 0 Å². The molecule has 0 spiro atoms. The summed E-state index contributed by atoms with van der Waals surface area (Å²) in [5, 5.41) is 12.2. The molecule has 1 atom stereocenters. The monoisotopic (exact) mass is 348 g/mol. The van der Waals surface area contributed by atoms with Crippen molar-refractivity contribution < 1.29 is 9.50 Å². The van der Waals surface area contributed by atoms with Crippen LogP contribution in [0.1, 0.15) is 22.1 Å². The second kappa shape index (κ2) is 4.81. The molecular weight excluding hydrogens is 338 g/mol. The van der Waals surface area contributed by atoms with Gasteiger partial charge in [-0.2, -0.15) is 0 Å². The number of rotatable bonds is 2. The first-order chi connectivity index (χ1) is 7.59. The zero-order chi connectivity index (χ0) is 11.7. The molecule has 1 N–H and O–H groups in total. The highest BCUT2D eigenvalue weighted by Crippen LogP contribution is 2.31. The molecule has 0 aliphatic rings. The molecule has 0 fully saturated rings. The minimum absolute atomic E-state index is 0.275. The summed E-state index contributed by atoms with van der Waals surface area (Å²) in [5.74, 6) is -0.275. The Bertz CT molecular complexity index is 509. The SMILES string of the molecule is Cc1ccsc1C(O)c1ccc(F)cc1I. The Morgan fingerprint density at radius 2 is 2.12 bits per heavy atom. The summed E-state index contributed by atoms with van der Waals surface area (Å²) in [7, 11) is 0. The third-order valence-electron chi connectivity index (χ3n) is 2.41. The molecule has 0 aliphatic heterocycles. The second-order valence-electron chi connectivity index (χ2n) is 3.54. The maximum absolute atomic E-state index is 12.9. The first kappa shape index (κ1) is 12.0. The molecule has 16 heavy (non-hydrogen) atoms. The van der Waals surface area contributed by atoms with Gasteiger partial charge in [-0.1, -0.05) is 6.07 Å². The summed E-state index contributed by atoms with van der Waals surface area (Å²) in [6, 6.07) is 6.42. The van der Waals surface area contributed by atoms with Gasteiger partial charge in [-0.3, -0.25) is 0 Å². The first-order valence-electron chi connectivity index (χ1n) is 4.76. The van der Waals surface area contributed by atoms with Crippen LogP contribution in [0, 0.1) is 16.3 Å². The first-order valence-corrected chi connectivity index (χ1v) is 6.72. The highest BCUT2D eigenvalue weighted by molar-refractivity contribution is 14.1. The number of halogens is 2. The van der Waals surface area contributed by atoms with Crippen molar-refractivity contribution in [1.29, 1.82) is 0 Å². The highest BCUT2D eigenvalue weighted by atomic mass is 127. The average Bonchev–Trinajstić information content (AvgIpc) is 2.63. The van der Waals surface area contributed by atoms with E-state index in [0.717, 1.165) is 19.6 Å². The van der Waals surface area contributed by atoms with Crippen LogP contribution < -0.4 is 0 Å². The molecule has 1 unspecified atom stereocenters. The van der Waals surface area contributed by atoms with Gasteiger partial charge in [-0.05, 0) is 64.2 Å². The van der Waals surface area contributed by atoms with Crippen molar-refractivity contribution in [1.82, 2.24) is 0 Å². The van der Waals surface area contributed by atoms with Crippen LogP contribution in [0.15, 0.2) is 29.6 Å². The molecule has 4 heteroatoms. The van der Waals surface area contributed by atoms with Crippen molar-refractivity contribution in [3.8, 4) is 0 Å². The van der Waals surface area contributed by atoms with E-state index in [1.807, 2.05) is 41.0 Å². The molecule has 0 saturated carbocycles. The van der Waals surface area contributed by atoms with E-state index in [2.05, 4.69) is 0 Å². The van der Waals surface area contributed by atoms with Crippen LogP contribution >= 0.6 is 33.9 Å². The topological polar surface area (TPSA) is 20.2 Å². The number of benzene rings is 1. The summed E-state index contributed by atoms with van der Waals surface area (Å²) in [4.78, 5) is 0.921. The Labute approximate surface area is 111 Å². The van der Waals surface area contributed by atoms with E-state index in [1.54, 1.807) is 6.07 Å². The summed E-state index contributed by atoms with van der Waals surface area (Å²) in [5.41, 5.74) is 1.82. The fourth-order valence-corrected chi connectivity index (χ4v) is 3.23. The van der Waals surface area contributed by atoms with Gasteiger partial charge in [0.2, 0.25) is 0 Å². The van der Waals surface area contributed by atoms with Crippen molar-refractivity contribution in [3.05, 3.63) is 55.0 Å². The molecule has 0 aliphatic carbocycles. The van der Waals surface area contributed by atoms with E-state index in [-0.39, 0.29) is 5.82 Å². The van der Waals surface area contributed by atoms with E-state index in [1.165, 1.54) is 23.5 Å². The van der Waals surface area contributed by atoms with Crippen LogP contribution in [0.3, 0.4) is 0 Å². The van der Waals surface area contributed by atoms with Gasteiger partial charge in [-0.15, -0.1) is 11.3 Å². The van der Waals surface area contributed by atoms with Crippen molar-refractivity contribution in [3.63, 3.8) is 0 Å². The lowest BCUT2D eigenvalue weighted by Crippen LogP contribution is -2.01. The molecule has 1 aromatic carbocycles. The van der Waals surface area contributed by atoms with Crippen molar-refractivity contribution in [2.75, 3.05) is 0 Å². The second-order valence-corrected chi connectivity index (χ2v) is 5.65. The molecular formula is C12H10FIOS. The number of thiophene rings is 1. The minimum Gasteiger partial charge on any atom is -0.383 e. The third kappa shape index (κ3) is 2.28. The molecule has 1 heterocycles. The average molecular weight is 348 g/mol. The Hall–Kier alpha value is -0.460. The van der Waals surface area contributed by atoms with E-state index < -0.39 is 6.10 Å². The number of aliphatic hydroxyl groups excluding tert-OH is 1. The number of hydrogen-bond donors (Lipinski definition) is 1. The van der Waals surface area contributed by atoms with Gasteiger partial charge >= 0.3 is 0 Å². The predicted octanol–water partition coefficient (Wildman–Crippen LogP) is 3.88. The number of aryl methyl sites for hydroxylation is 1. The van der Waals surface area contributed by atoms with Crippen LogP contribution in [0.4, 0.5) is 4.39 Å².